The number of rotatable bonds is 1. The lowest BCUT2D eigenvalue weighted by Gasteiger charge is -2.30. The molecule has 0 saturated carbocycles. The van der Waals surface area contributed by atoms with Crippen LogP contribution in [0, 0.1) is 0 Å². The summed E-state index contributed by atoms with van der Waals surface area (Å²) in [5.74, 6) is 0. The lowest BCUT2D eigenvalue weighted by atomic mass is 10.3. The van der Waals surface area contributed by atoms with Gasteiger partial charge in [-0.05, 0) is 12.1 Å². The van der Waals surface area contributed by atoms with Crippen molar-refractivity contribution in [3.63, 3.8) is 0 Å². The highest BCUT2D eigenvalue weighted by Crippen LogP contribution is 2.41. The number of para-hydroxylation sites is 1. The van der Waals surface area contributed by atoms with E-state index in [0.717, 1.165) is 17.2 Å². The number of benzene rings is 1. The molecule has 1 heterocycles. The zero-order valence-electron chi connectivity index (χ0n) is 6.80. The Morgan fingerprint density at radius 2 is 2.08 bits per heavy atom. The molecule has 1 N–H and O–H groups in total. The smallest absolute Gasteiger partial charge is 0.0984 e. The minimum atomic E-state index is -0.719. The second-order valence-corrected chi connectivity index (χ2v) is 5.48. The van der Waals surface area contributed by atoms with E-state index in [1.165, 1.54) is 0 Å². The van der Waals surface area contributed by atoms with Gasteiger partial charge in [0.15, 0.2) is 0 Å². The van der Waals surface area contributed by atoms with Gasteiger partial charge in [-0.15, -0.1) is 0 Å². The fraction of sp³-hybridized carbons (Fsp3) is 0.125. The summed E-state index contributed by atoms with van der Waals surface area (Å²) in [6.07, 6.45) is 0. The van der Waals surface area contributed by atoms with Gasteiger partial charge < -0.3 is 22.0 Å². The van der Waals surface area contributed by atoms with Gasteiger partial charge in [0, 0.05) is 5.69 Å². The molecular formula is C8H8N2PS2-. The molecule has 1 aromatic carbocycles. The van der Waals surface area contributed by atoms with Gasteiger partial charge in [-0.1, -0.05) is 37.8 Å². The van der Waals surface area contributed by atoms with Crippen molar-refractivity contribution in [3.05, 3.63) is 30.3 Å². The molecule has 5 heteroatoms. The van der Waals surface area contributed by atoms with Gasteiger partial charge in [-0.2, -0.15) is 0 Å². The predicted molar refractivity (Wildman–Crippen MR) is 63.8 cm³/mol. The predicted octanol–water partition coefficient (Wildman–Crippen LogP) is 2.20. The van der Waals surface area contributed by atoms with Gasteiger partial charge in [-0.3, -0.25) is 0 Å². The average Bonchev–Trinajstić information content (AvgIpc) is 2.47. The van der Waals surface area contributed by atoms with Crippen LogP contribution in [-0.2, 0) is 12.2 Å². The third-order valence-corrected chi connectivity index (χ3v) is 4.31. The van der Waals surface area contributed by atoms with Crippen LogP contribution in [0.3, 0.4) is 0 Å². The van der Waals surface area contributed by atoms with Gasteiger partial charge >= 0.3 is 0 Å². The summed E-state index contributed by atoms with van der Waals surface area (Å²) in [4.78, 5) is 0.852. The van der Waals surface area contributed by atoms with Crippen LogP contribution in [0.25, 0.3) is 0 Å². The molecular weight excluding hydrogens is 219 g/mol. The lowest BCUT2D eigenvalue weighted by molar-refractivity contribution is 1.28. The first kappa shape index (κ1) is 9.25. The number of hydrogen-bond acceptors (Lipinski definition) is 3. The molecule has 0 aliphatic carbocycles. The Morgan fingerprint density at radius 3 is 2.62 bits per heavy atom. The Morgan fingerprint density at radius 1 is 1.38 bits per heavy atom. The molecule has 0 spiro atoms. The molecule has 1 atom stereocenters. The Kier molecular flexibility index (Phi) is 2.72. The number of nitrogens with zero attached hydrogens (tertiary/aromatic N) is 1. The summed E-state index contributed by atoms with van der Waals surface area (Å²) in [6.45, 7) is 0.758. The molecule has 1 saturated heterocycles. The zero-order valence-corrected chi connectivity index (χ0v) is 9.33. The van der Waals surface area contributed by atoms with Gasteiger partial charge in [0.25, 0.3) is 0 Å². The maximum Gasteiger partial charge on any atom is 0.0984 e. The van der Waals surface area contributed by atoms with E-state index in [2.05, 4.69) is 21.9 Å². The summed E-state index contributed by atoms with van der Waals surface area (Å²) in [7, 11) is -0.719. The maximum atomic E-state index is 5.27. The fourth-order valence-electron chi connectivity index (χ4n) is 1.20. The van der Waals surface area contributed by atoms with Crippen molar-refractivity contribution in [2.45, 2.75) is 0 Å². The second kappa shape index (κ2) is 3.82. The highest BCUT2D eigenvalue weighted by molar-refractivity contribution is 8.33. The first-order chi connectivity index (χ1) is 6.27. The van der Waals surface area contributed by atoms with Crippen LogP contribution < -0.4 is 9.76 Å². The number of anilines is 1. The molecule has 1 fully saturated rings. The van der Waals surface area contributed by atoms with E-state index in [1.54, 1.807) is 0 Å². The Hall–Kier alpha value is -0.310. The molecule has 0 radical (unpaired) electrons. The topological polar surface area (TPSA) is 15.3 Å². The van der Waals surface area contributed by atoms with Gasteiger partial charge in [0.2, 0.25) is 0 Å². The molecule has 1 aliphatic heterocycles. The van der Waals surface area contributed by atoms with E-state index in [9.17, 15) is 0 Å². The van der Waals surface area contributed by atoms with E-state index < -0.39 is 7.42 Å². The van der Waals surface area contributed by atoms with E-state index >= 15 is 0 Å². The van der Waals surface area contributed by atoms with Crippen LogP contribution in [0.15, 0.2) is 30.3 Å². The van der Waals surface area contributed by atoms with Crippen molar-refractivity contribution < 1.29 is 0 Å². The molecule has 13 heavy (non-hydrogen) atoms. The normalized spacial score (nSPS) is 21.8. The van der Waals surface area contributed by atoms with E-state index in [0.29, 0.717) is 0 Å². The van der Waals surface area contributed by atoms with E-state index in [-0.39, 0.29) is 0 Å². The van der Waals surface area contributed by atoms with Crippen LogP contribution in [0.4, 0.5) is 5.69 Å². The van der Waals surface area contributed by atoms with Crippen molar-refractivity contribution in [3.8, 4) is 0 Å². The maximum absolute atomic E-state index is 5.27. The van der Waals surface area contributed by atoms with Crippen molar-refractivity contribution in [1.82, 2.24) is 5.09 Å². The van der Waals surface area contributed by atoms with Gasteiger partial charge in [-0.25, -0.2) is 0 Å². The molecule has 2 nitrogen and oxygen atoms in total. The molecule has 0 aromatic heterocycles. The largest absolute Gasteiger partial charge is 0.715 e. The van der Waals surface area contributed by atoms with Gasteiger partial charge in [0.05, 0.1) is 11.5 Å². The molecule has 1 aromatic rings. The Labute approximate surface area is 89.3 Å². The summed E-state index contributed by atoms with van der Waals surface area (Å²) in [6, 6.07) is 10.1. The quantitative estimate of drug-likeness (QED) is 0.449. The molecule has 2 rings (SSSR count). The molecule has 1 unspecified atom stereocenters. The minimum absolute atomic E-state index is 0.719. The number of hydrogen-bond donors (Lipinski definition) is 1. The highest BCUT2D eigenvalue weighted by Gasteiger charge is 2.17. The van der Waals surface area contributed by atoms with E-state index in [1.807, 2.05) is 18.2 Å². The fourth-order valence-corrected chi connectivity index (χ4v) is 3.66. The van der Waals surface area contributed by atoms with Crippen LogP contribution in [0.2, 0.25) is 0 Å². The SMILES string of the molecule is S=C1CN(c2ccccc2)P([S-])N1. The van der Waals surface area contributed by atoms with Crippen LogP contribution in [0.5, 0.6) is 0 Å². The molecule has 68 valence electrons. The lowest BCUT2D eigenvalue weighted by Crippen LogP contribution is -2.13. The Balaban J connectivity index is 2.23. The molecule has 0 bridgehead atoms. The van der Waals surface area contributed by atoms with Crippen molar-refractivity contribution in [2.24, 2.45) is 0 Å². The number of thiocarbonyl (C=S) groups is 1. The van der Waals surface area contributed by atoms with Crippen LogP contribution >= 0.6 is 19.6 Å². The number of nitrogens with one attached hydrogen (secondary N) is 1. The summed E-state index contributed by atoms with van der Waals surface area (Å²) in [5, 5.41) is 3.10. The van der Waals surface area contributed by atoms with Crippen LogP contribution in [-0.4, -0.2) is 11.5 Å². The minimum Gasteiger partial charge on any atom is -0.715 e. The third kappa shape index (κ3) is 1.96. The van der Waals surface area contributed by atoms with Gasteiger partial charge in [0.1, 0.15) is 0 Å². The Bertz CT molecular complexity index is 317. The highest BCUT2D eigenvalue weighted by atomic mass is 32.7. The van der Waals surface area contributed by atoms with Crippen LogP contribution in [0.1, 0.15) is 0 Å². The van der Waals surface area contributed by atoms with Crippen molar-refractivity contribution >= 4 is 42.6 Å². The standard InChI is InChI=1S/C8H8N2PS2/c12-8-6-10(11(13)9-8)7-4-2-1-3-5-7/h1-5H,6H2,(H,9,12)/q-1. The van der Waals surface area contributed by atoms with Crippen molar-refractivity contribution in [1.29, 1.82) is 0 Å². The molecule has 0 amide bonds. The second-order valence-electron chi connectivity index (χ2n) is 2.70. The summed E-state index contributed by atoms with van der Waals surface area (Å²) < 4.78 is 2.13. The zero-order chi connectivity index (χ0) is 9.26. The average molecular weight is 227 g/mol. The first-order valence-corrected chi connectivity index (χ1v) is 6.58. The van der Waals surface area contributed by atoms with Crippen molar-refractivity contribution in [2.75, 3.05) is 11.2 Å². The summed E-state index contributed by atoms with van der Waals surface area (Å²) in [5.41, 5.74) is 1.15. The monoisotopic (exact) mass is 227 g/mol. The molecule has 1 aliphatic rings. The first-order valence-electron chi connectivity index (χ1n) is 3.86. The van der Waals surface area contributed by atoms with E-state index in [4.69, 9.17) is 24.5 Å². The third-order valence-electron chi connectivity index (χ3n) is 1.79. The summed E-state index contributed by atoms with van der Waals surface area (Å²) >= 11 is 10.3.